The minimum absolute atomic E-state index is 0.122. The fraction of sp³-hybridized carbons (Fsp3) is 0.143. The molecule has 80 valence electrons. The van der Waals surface area contributed by atoms with E-state index < -0.39 is 33.7 Å². The molecule has 0 fully saturated rings. The van der Waals surface area contributed by atoms with Gasteiger partial charge in [0.2, 0.25) is 0 Å². The molecule has 0 aliphatic rings. The SMILES string of the molecule is O=Cc1c([N+](=O)[O-])c(C(F)F)c[nH]c1=O. The number of H-pyrrole nitrogens is 1. The number of nitrogens with zero attached hydrogens (tertiary/aromatic N) is 1. The Morgan fingerprint density at radius 3 is 2.53 bits per heavy atom. The zero-order valence-electron chi connectivity index (χ0n) is 7.07. The normalized spacial score (nSPS) is 10.3. The number of aromatic amines is 1. The van der Waals surface area contributed by atoms with E-state index in [-0.39, 0.29) is 6.29 Å². The molecular formula is C7H4F2N2O4. The molecule has 8 heteroatoms. The summed E-state index contributed by atoms with van der Waals surface area (Å²) in [5.74, 6) is 0. The first-order valence-corrected chi connectivity index (χ1v) is 3.62. The maximum absolute atomic E-state index is 12.3. The first-order valence-electron chi connectivity index (χ1n) is 3.62. The topological polar surface area (TPSA) is 93.1 Å². The van der Waals surface area contributed by atoms with Crippen molar-refractivity contribution in [3.05, 3.63) is 37.8 Å². The monoisotopic (exact) mass is 218 g/mol. The number of nitrogens with one attached hydrogen (secondary N) is 1. The Hall–Kier alpha value is -2.12. The smallest absolute Gasteiger partial charge is 0.295 e. The molecule has 1 heterocycles. The van der Waals surface area contributed by atoms with Crippen LogP contribution in [-0.2, 0) is 0 Å². The number of alkyl halides is 2. The molecule has 6 nitrogen and oxygen atoms in total. The molecule has 0 unspecified atom stereocenters. The summed E-state index contributed by atoms with van der Waals surface area (Å²) in [6.07, 6.45) is -2.73. The molecule has 0 bridgehead atoms. The van der Waals surface area contributed by atoms with E-state index in [1.54, 1.807) is 0 Å². The lowest BCUT2D eigenvalue weighted by Crippen LogP contribution is -2.16. The Kier molecular flexibility index (Phi) is 2.88. The van der Waals surface area contributed by atoms with Crippen LogP contribution < -0.4 is 5.56 Å². The van der Waals surface area contributed by atoms with Gasteiger partial charge in [0.05, 0.1) is 4.92 Å². The van der Waals surface area contributed by atoms with E-state index in [0.717, 1.165) is 0 Å². The molecule has 0 aliphatic carbocycles. The number of halogens is 2. The van der Waals surface area contributed by atoms with Gasteiger partial charge in [0, 0.05) is 6.20 Å². The summed E-state index contributed by atoms with van der Waals surface area (Å²) in [4.78, 5) is 32.3. The van der Waals surface area contributed by atoms with Crippen molar-refractivity contribution < 1.29 is 18.5 Å². The van der Waals surface area contributed by atoms with Gasteiger partial charge in [-0.05, 0) is 0 Å². The van der Waals surface area contributed by atoms with Gasteiger partial charge in [0.25, 0.3) is 17.7 Å². The predicted molar refractivity (Wildman–Crippen MR) is 44.1 cm³/mol. The van der Waals surface area contributed by atoms with Crippen LogP contribution in [0.3, 0.4) is 0 Å². The average molecular weight is 218 g/mol. The second-order valence-electron chi connectivity index (χ2n) is 2.51. The van der Waals surface area contributed by atoms with Gasteiger partial charge in [-0.3, -0.25) is 19.7 Å². The first kappa shape index (κ1) is 11.0. The number of rotatable bonds is 3. The molecule has 0 saturated carbocycles. The number of hydrogen-bond acceptors (Lipinski definition) is 4. The maximum atomic E-state index is 12.3. The van der Waals surface area contributed by atoms with E-state index in [2.05, 4.69) is 0 Å². The second-order valence-corrected chi connectivity index (χ2v) is 2.51. The Labute approximate surface area is 80.7 Å². The van der Waals surface area contributed by atoms with Crippen molar-refractivity contribution in [3.63, 3.8) is 0 Å². The number of pyridine rings is 1. The van der Waals surface area contributed by atoms with Crippen molar-refractivity contribution in [1.29, 1.82) is 0 Å². The number of aromatic nitrogens is 1. The molecule has 0 aliphatic heterocycles. The zero-order chi connectivity index (χ0) is 11.6. The number of aldehydes is 1. The lowest BCUT2D eigenvalue weighted by atomic mass is 10.1. The minimum Gasteiger partial charge on any atom is -0.328 e. The third kappa shape index (κ3) is 1.87. The van der Waals surface area contributed by atoms with Crippen molar-refractivity contribution in [2.45, 2.75) is 6.43 Å². The largest absolute Gasteiger partial charge is 0.328 e. The van der Waals surface area contributed by atoms with Crippen LogP contribution in [0.1, 0.15) is 22.3 Å². The number of nitro groups is 1. The molecule has 1 aromatic rings. The van der Waals surface area contributed by atoms with Crippen LogP contribution in [0.5, 0.6) is 0 Å². The fourth-order valence-electron chi connectivity index (χ4n) is 1.03. The number of carbonyl (C=O) groups excluding carboxylic acids is 1. The lowest BCUT2D eigenvalue weighted by molar-refractivity contribution is -0.386. The molecule has 0 aromatic carbocycles. The molecule has 1 aromatic heterocycles. The van der Waals surface area contributed by atoms with Crippen LogP contribution in [0, 0.1) is 10.1 Å². The van der Waals surface area contributed by atoms with Gasteiger partial charge in [-0.25, -0.2) is 8.78 Å². The van der Waals surface area contributed by atoms with Gasteiger partial charge in [-0.15, -0.1) is 0 Å². The highest BCUT2D eigenvalue weighted by Gasteiger charge is 2.27. The van der Waals surface area contributed by atoms with Crippen LogP contribution in [0.15, 0.2) is 11.0 Å². The minimum atomic E-state index is -3.14. The van der Waals surface area contributed by atoms with Crippen LogP contribution in [-0.4, -0.2) is 16.2 Å². The van der Waals surface area contributed by atoms with Crippen LogP contribution in [0.2, 0.25) is 0 Å². The zero-order valence-corrected chi connectivity index (χ0v) is 7.07. The van der Waals surface area contributed by atoms with Crippen molar-refractivity contribution in [1.82, 2.24) is 4.98 Å². The lowest BCUT2D eigenvalue weighted by Gasteiger charge is -2.01. The van der Waals surface area contributed by atoms with Gasteiger partial charge in [-0.2, -0.15) is 0 Å². The van der Waals surface area contributed by atoms with E-state index >= 15 is 0 Å². The molecule has 1 rings (SSSR count). The van der Waals surface area contributed by atoms with Gasteiger partial charge in [0.1, 0.15) is 5.56 Å². The molecule has 0 saturated heterocycles. The molecule has 1 N–H and O–H groups in total. The number of hydrogen-bond donors (Lipinski definition) is 1. The quantitative estimate of drug-likeness (QED) is 0.465. The summed E-state index contributed by atoms with van der Waals surface area (Å²) in [5, 5.41) is 10.4. The summed E-state index contributed by atoms with van der Waals surface area (Å²) in [7, 11) is 0. The van der Waals surface area contributed by atoms with Crippen LogP contribution in [0.25, 0.3) is 0 Å². The summed E-state index contributed by atoms with van der Waals surface area (Å²) < 4.78 is 24.6. The van der Waals surface area contributed by atoms with Crippen molar-refractivity contribution in [3.8, 4) is 0 Å². The van der Waals surface area contributed by atoms with E-state index in [1.807, 2.05) is 4.98 Å². The highest BCUT2D eigenvalue weighted by Crippen LogP contribution is 2.28. The average Bonchev–Trinajstić information content (AvgIpc) is 2.16. The molecule has 0 radical (unpaired) electrons. The van der Waals surface area contributed by atoms with E-state index in [0.29, 0.717) is 6.20 Å². The van der Waals surface area contributed by atoms with E-state index in [1.165, 1.54) is 0 Å². The molecular weight excluding hydrogens is 214 g/mol. The van der Waals surface area contributed by atoms with E-state index in [4.69, 9.17) is 0 Å². The third-order valence-electron chi connectivity index (χ3n) is 1.67. The van der Waals surface area contributed by atoms with Gasteiger partial charge in [0.15, 0.2) is 11.8 Å². The molecule has 0 spiro atoms. The van der Waals surface area contributed by atoms with Gasteiger partial charge < -0.3 is 4.98 Å². The van der Waals surface area contributed by atoms with Crippen molar-refractivity contribution in [2.75, 3.05) is 0 Å². The summed E-state index contributed by atoms with van der Waals surface area (Å²) in [5.41, 5.74) is -4.11. The summed E-state index contributed by atoms with van der Waals surface area (Å²) >= 11 is 0. The Morgan fingerprint density at radius 1 is 1.53 bits per heavy atom. The Bertz CT molecular complexity index is 469. The van der Waals surface area contributed by atoms with Crippen molar-refractivity contribution >= 4 is 12.0 Å². The van der Waals surface area contributed by atoms with Gasteiger partial charge in [-0.1, -0.05) is 0 Å². The fourth-order valence-corrected chi connectivity index (χ4v) is 1.03. The van der Waals surface area contributed by atoms with Gasteiger partial charge >= 0.3 is 0 Å². The summed E-state index contributed by atoms with van der Waals surface area (Å²) in [6.45, 7) is 0. The third-order valence-corrected chi connectivity index (χ3v) is 1.67. The Morgan fingerprint density at radius 2 is 2.13 bits per heavy atom. The second kappa shape index (κ2) is 3.95. The molecule has 0 atom stereocenters. The summed E-state index contributed by atoms with van der Waals surface area (Å²) in [6, 6.07) is 0. The van der Waals surface area contributed by atoms with Crippen LogP contribution >= 0.6 is 0 Å². The maximum Gasteiger partial charge on any atom is 0.295 e. The highest BCUT2D eigenvalue weighted by atomic mass is 19.3. The highest BCUT2D eigenvalue weighted by molar-refractivity contribution is 5.81. The van der Waals surface area contributed by atoms with E-state index in [9.17, 15) is 28.5 Å². The van der Waals surface area contributed by atoms with Crippen molar-refractivity contribution in [2.24, 2.45) is 0 Å². The first-order chi connectivity index (χ1) is 6.99. The standard InChI is InChI=1S/C7H4F2N2O4/c8-6(9)3-1-10-7(13)4(2-12)5(3)11(14)15/h1-2,6H,(H,10,13). The Balaban J connectivity index is 3.64. The number of carbonyl (C=O) groups is 1. The molecule has 0 amide bonds. The molecule has 15 heavy (non-hydrogen) atoms. The van der Waals surface area contributed by atoms with Crippen LogP contribution in [0.4, 0.5) is 14.5 Å². The predicted octanol–water partition coefficient (Wildman–Crippen LogP) is 1.03.